The third kappa shape index (κ3) is 4.85. The Morgan fingerprint density at radius 3 is 2.75 bits per heavy atom. The second kappa shape index (κ2) is 8.54. The van der Waals surface area contributed by atoms with Gasteiger partial charge >= 0.3 is 0 Å². The van der Waals surface area contributed by atoms with Crippen LogP contribution in [0.25, 0.3) is 0 Å². The zero-order valence-electron chi connectivity index (χ0n) is 13.4. The average molecular weight is 306 g/mol. The molecule has 2 unspecified atom stereocenters. The van der Waals surface area contributed by atoms with E-state index in [1.54, 1.807) is 7.11 Å². The second-order valence-electron chi connectivity index (χ2n) is 6.56. The number of rotatable bonds is 6. The number of hydrogen-bond acceptors (Lipinski definition) is 4. The Labute approximate surface area is 130 Å². The van der Waals surface area contributed by atoms with Crippen molar-refractivity contribution < 1.29 is 4.74 Å². The lowest BCUT2D eigenvalue weighted by molar-refractivity contribution is 0.0340. The number of piperazine rings is 1. The summed E-state index contributed by atoms with van der Waals surface area (Å²) >= 11 is 0. The van der Waals surface area contributed by atoms with Crippen molar-refractivity contribution in [3.63, 3.8) is 0 Å². The summed E-state index contributed by atoms with van der Waals surface area (Å²) in [6, 6.07) is 0.710. The summed E-state index contributed by atoms with van der Waals surface area (Å²) in [6.07, 6.45) is 2.57. The zero-order chi connectivity index (χ0) is 13.7. The lowest BCUT2D eigenvalue weighted by Gasteiger charge is -2.43. The number of methoxy groups -OCH3 is 1. The maximum atomic E-state index is 5.22. The lowest BCUT2D eigenvalue weighted by Crippen LogP contribution is -2.55. The van der Waals surface area contributed by atoms with Crippen molar-refractivity contribution in [2.45, 2.75) is 32.7 Å². The van der Waals surface area contributed by atoms with Gasteiger partial charge in [0.05, 0.1) is 6.61 Å². The first-order valence-electron chi connectivity index (χ1n) is 7.83. The average Bonchev–Trinajstić information content (AvgIpc) is 2.83. The minimum absolute atomic E-state index is 0. The summed E-state index contributed by atoms with van der Waals surface area (Å²) in [5.41, 5.74) is 0.493. The topological polar surface area (TPSA) is 27.7 Å². The van der Waals surface area contributed by atoms with E-state index in [0.717, 1.165) is 13.2 Å². The highest BCUT2D eigenvalue weighted by Crippen LogP contribution is 2.27. The lowest BCUT2D eigenvalue weighted by atomic mass is 9.88. The molecule has 2 fully saturated rings. The first-order chi connectivity index (χ1) is 9.17. The minimum Gasteiger partial charge on any atom is -0.383 e. The van der Waals surface area contributed by atoms with Crippen LogP contribution in [0.4, 0.5) is 0 Å². The molecule has 0 spiro atoms. The summed E-state index contributed by atoms with van der Waals surface area (Å²) < 4.78 is 5.22. The Kier molecular flexibility index (Phi) is 7.77. The van der Waals surface area contributed by atoms with Gasteiger partial charge in [0, 0.05) is 52.4 Å². The monoisotopic (exact) mass is 305 g/mol. The molecular formula is C15H32ClN3O. The van der Waals surface area contributed by atoms with E-state index in [4.69, 9.17) is 4.74 Å². The largest absolute Gasteiger partial charge is 0.383 e. The molecule has 0 saturated carbocycles. The Balaban J connectivity index is 0.00000200. The van der Waals surface area contributed by atoms with E-state index in [1.807, 2.05) is 0 Å². The van der Waals surface area contributed by atoms with Crippen molar-refractivity contribution in [2.24, 2.45) is 5.41 Å². The summed E-state index contributed by atoms with van der Waals surface area (Å²) in [4.78, 5) is 5.29. The molecule has 20 heavy (non-hydrogen) atoms. The summed E-state index contributed by atoms with van der Waals surface area (Å²) in [5.74, 6) is 0. The van der Waals surface area contributed by atoms with E-state index >= 15 is 0 Å². The molecule has 0 amide bonds. The summed E-state index contributed by atoms with van der Waals surface area (Å²) in [6.45, 7) is 14.0. The molecule has 5 heteroatoms. The van der Waals surface area contributed by atoms with Gasteiger partial charge in [0.25, 0.3) is 0 Å². The normalized spacial score (nSPS) is 32.2. The van der Waals surface area contributed by atoms with Gasteiger partial charge in [0.15, 0.2) is 0 Å². The summed E-state index contributed by atoms with van der Waals surface area (Å²) in [5, 5.41) is 3.51. The highest BCUT2D eigenvalue weighted by Gasteiger charge is 2.33. The van der Waals surface area contributed by atoms with Gasteiger partial charge in [-0.25, -0.2) is 0 Å². The number of nitrogens with zero attached hydrogens (tertiary/aromatic N) is 2. The zero-order valence-corrected chi connectivity index (χ0v) is 14.2. The first-order valence-corrected chi connectivity index (χ1v) is 7.83. The molecule has 0 aromatic heterocycles. The van der Waals surface area contributed by atoms with Gasteiger partial charge in [-0.2, -0.15) is 0 Å². The van der Waals surface area contributed by atoms with Crippen LogP contribution >= 0.6 is 12.4 Å². The number of nitrogens with one attached hydrogen (secondary N) is 1. The molecule has 2 atom stereocenters. The molecule has 2 aliphatic rings. The molecule has 0 bridgehead atoms. The SMILES string of the molecule is CCC1CN(CC2(C)CCNC2)CCN1CCOC.Cl. The molecule has 4 nitrogen and oxygen atoms in total. The molecular weight excluding hydrogens is 274 g/mol. The van der Waals surface area contributed by atoms with E-state index in [-0.39, 0.29) is 12.4 Å². The molecule has 2 saturated heterocycles. The van der Waals surface area contributed by atoms with Gasteiger partial charge in [-0.3, -0.25) is 9.80 Å². The number of ether oxygens (including phenoxy) is 1. The number of halogens is 1. The predicted molar refractivity (Wildman–Crippen MR) is 86.8 cm³/mol. The fraction of sp³-hybridized carbons (Fsp3) is 1.00. The molecule has 0 aliphatic carbocycles. The molecule has 2 heterocycles. The van der Waals surface area contributed by atoms with Crippen molar-refractivity contribution in [1.82, 2.24) is 15.1 Å². The van der Waals surface area contributed by atoms with E-state index in [1.165, 1.54) is 52.1 Å². The molecule has 120 valence electrons. The van der Waals surface area contributed by atoms with Gasteiger partial charge in [-0.15, -0.1) is 12.4 Å². The van der Waals surface area contributed by atoms with Crippen LogP contribution in [0.15, 0.2) is 0 Å². The third-order valence-electron chi connectivity index (χ3n) is 4.81. The predicted octanol–water partition coefficient (Wildman–Crippen LogP) is 1.45. The maximum Gasteiger partial charge on any atom is 0.0589 e. The van der Waals surface area contributed by atoms with Gasteiger partial charge < -0.3 is 10.1 Å². The van der Waals surface area contributed by atoms with Gasteiger partial charge in [0.1, 0.15) is 0 Å². The van der Waals surface area contributed by atoms with Crippen LogP contribution < -0.4 is 5.32 Å². The van der Waals surface area contributed by atoms with E-state index in [0.29, 0.717) is 11.5 Å². The van der Waals surface area contributed by atoms with Crippen LogP contribution in [0.5, 0.6) is 0 Å². The Morgan fingerprint density at radius 2 is 2.15 bits per heavy atom. The smallest absolute Gasteiger partial charge is 0.0589 e. The van der Waals surface area contributed by atoms with Crippen LogP contribution in [0, 0.1) is 5.41 Å². The number of hydrogen-bond donors (Lipinski definition) is 1. The molecule has 0 radical (unpaired) electrons. The van der Waals surface area contributed by atoms with E-state index in [2.05, 4.69) is 29.0 Å². The van der Waals surface area contributed by atoms with E-state index < -0.39 is 0 Å². The summed E-state index contributed by atoms with van der Waals surface area (Å²) in [7, 11) is 1.80. The van der Waals surface area contributed by atoms with E-state index in [9.17, 15) is 0 Å². The molecule has 2 aliphatic heterocycles. The Morgan fingerprint density at radius 1 is 1.35 bits per heavy atom. The Hall–Kier alpha value is 0.130. The van der Waals surface area contributed by atoms with Gasteiger partial charge in [-0.05, 0) is 24.8 Å². The van der Waals surface area contributed by atoms with Crippen molar-refractivity contribution in [3.05, 3.63) is 0 Å². The first kappa shape index (κ1) is 18.2. The highest BCUT2D eigenvalue weighted by atomic mass is 35.5. The Bertz CT molecular complexity index is 272. The third-order valence-corrected chi connectivity index (χ3v) is 4.81. The fourth-order valence-electron chi connectivity index (χ4n) is 3.53. The van der Waals surface area contributed by atoms with Crippen LogP contribution in [-0.4, -0.2) is 75.4 Å². The van der Waals surface area contributed by atoms with Crippen molar-refractivity contribution >= 4 is 12.4 Å². The van der Waals surface area contributed by atoms with Crippen LogP contribution in [0.1, 0.15) is 26.7 Å². The highest BCUT2D eigenvalue weighted by molar-refractivity contribution is 5.85. The molecule has 2 rings (SSSR count). The minimum atomic E-state index is 0. The van der Waals surface area contributed by atoms with Crippen molar-refractivity contribution in [2.75, 3.05) is 59.5 Å². The van der Waals surface area contributed by atoms with Crippen molar-refractivity contribution in [1.29, 1.82) is 0 Å². The van der Waals surface area contributed by atoms with Crippen LogP contribution in [0.3, 0.4) is 0 Å². The molecule has 1 N–H and O–H groups in total. The quantitative estimate of drug-likeness (QED) is 0.804. The van der Waals surface area contributed by atoms with Crippen molar-refractivity contribution in [3.8, 4) is 0 Å². The molecule has 0 aromatic rings. The maximum absolute atomic E-state index is 5.22. The molecule has 0 aromatic carbocycles. The van der Waals surface area contributed by atoms with Gasteiger partial charge in [0.2, 0.25) is 0 Å². The van der Waals surface area contributed by atoms with Gasteiger partial charge in [-0.1, -0.05) is 13.8 Å². The standard InChI is InChI=1S/C15H31N3O.ClH/c1-4-14-11-17(7-8-18(14)9-10-19-3)13-15(2)5-6-16-12-15;/h14,16H,4-13H2,1-3H3;1H. The van der Waals surface area contributed by atoms with Crippen LogP contribution in [-0.2, 0) is 4.74 Å². The second-order valence-corrected chi connectivity index (χ2v) is 6.56. The fourth-order valence-corrected chi connectivity index (χ4v) is 3.53. The van der Waals surface area contributed by atoms with Crippen LogP contribution in [0.2, 0.25) is 0 Å².